The van der Waals surface area contributed by atoms with Gasteiger partial charge < -0.3 is 0 Å². The minimum Gasteiger partial charge on any atom is -0.0928 e. The molecule has 0 amide bonds. The molecule has 0 aromatic heterocycles. The smallest absolute Gasteiger partial charge is 0.0143 e. The van der Waals surface area contributed by atoms with E-state index < -0.39 is 0 Å². The van der Waals surface area contributed by atoms with Crippen LogP contribution in [0, 0.1) is 0 Å². The standard InChI is InChI=1S/C18H36Br2/c1-2-18(20)16-14-12-10-8-6-4-3-5-7-9-11-13-15-17-19/h18H,2-17H2,1H3. The molecule has 122 valence electrons. The van der Waals surface area contributed by atoms with E-state index in [1.54, 1.807) is 0 Å². The number of alkyl halides is 2. The summed E-state index contributed by atoms with van der Waals surface area (Å²) in [5.41, 5.74) is 0. The normalized spacial score (nSPS) is 12.8. The zero-order valence-electron chi connectivity index (χ0n) is 13.6. The van der Waals surface area contributed by atoms with Gasteiger partial charge in [-0.25, -0.2) is 0 Å². The van der Waals surface area contributed by atoms with Crippen molar-refractivity contribution in [1.29, 1.82) is 0 Å². The first-order chi connectivity index (χ1) is 9.81. The SMILES string of the molecule is CCC(Br)CCCCCCCCCCCCCCCBr. The predicted molar refractivity (Wildman–Crippen MR) is 101 cm³/mol. The van der Waals surface area contributed by atoms with Crippen LogP contribution in [0.3, 0.4) is 0 Å². The third-order valence-electron chi connectivity index (χ3n) is 4.09. The van der Waals surface area contributed by atoms with Crippen molar-refractivity contribution in [2.45, 2.75) is 108 Å². The van der Waals surface area contributed by atoms with Crippen molar-refractivity contribution in [2.75, 3.05) is 5.33 Å². The van der Waals surface area contributed by atoms with Gasteiger partial charge in [-0.15, -0.1) is 0 Å². The summed E-state index contributed by atoms with van der Waals surface area (Å²) in [6.45, 7) is 2.27. The van der Waals surface area contributed by atoms with Gasteiger partial charge in [-0.3, -0.25) is 0 Å². The van der Waals surface area contributed by atoms with Crippen molar-refractivity contribution in [1.82, 2.24) is 0 Å². The van der Waals surface area contributed by atoms with E-state index in [-0.39, 0.29) is 0 Å². The fourth-order valence-corrected chi connectivity index (χ4v) is 3.33. The maximum Gasteiger partial charge on any atom is 0.0143 e. The third-order valence-corrected chi connectivity index (χ3v) is 5.76. The van der Waals surface area contributed by atoms with Gasteiger partial charge in [0.2, 0.25) is 0 Å². The zero-order valence-corrected chi connectivity index (χ0v) is 16.8. The molecule has 0 aliphatic carbocycles. The van der Waals surface area contributed by atoms with Crippen LogP contribution in [0.1, 0.15) is 103 Å². The van der Waals surface area contributed by atoms with Crippen LogP contribution < -0.4 is 0 Å². The highest BCUT2D eigenvalue weighted by molar-refractivity contribution is 9.09. The van der Waals surface area contributed by atoms with Crippen LogP contribution in [0.2, 0.25) is 0 Å². The zero-order chi connectivity index (χ0) is 14.9. The van der Waals surface area contributed by atoms with Crippen LogP contribution in [0.4, 0.5) is 0 Å². The maximum atomic E-state index is 3.71. The molecule has 20 heavy (non-hydrogen) atoms. The van der Waals surface area contributed by atoms with Gasteiger partial charge in [0.15, 0.2) is 0 Å². The van der Waals surface area contributed by atoms with Gasteiger partial charge in [0.05, 0.1) is 0 Å². The van der Waals surface area contributed by atoms with Gasteiger partial charge in [0.25, 0.3) is 0 Å². The highest BCUT2D eigenvalue weighted by Crippen LogP contribution is 2.16. The van der Waals surface area contributed by atoms with E-state index in [1.807, 2.05) is 0 Å². The summed E-state index contributed by atoms with van der Waals surface area (Å²) in [5, 5.41) is 1.18. The number of hydrogen-bond acceptors (Lipinski definition) is 0. The lowest BCUT2D eigenvalue weighted by atomic mass is 10.0. The molecule has 0 rings (SSSR count). The minimum absolute atomic E-state index is 0.761. The molecule has 0 N–H and O–H groups in total. The van der Waals surface area contributed by atoms with Gasteiger partial charge in [0.1, 0.15) is 0 Å². The van der Waals surface area contributed by atoms with Crippen LogP contribution in [0.15, 0.2) is 0 Å². The topological polar surface area (TPSA) is 0 Å². The molecule has 0 spiro atoms. The van der Waals surface area contributed by atoms with Crippen molar-refractivity contribution in [2.24, 2.45) is 0 Å². The van der Waals surface area contributed by atoms with Crippen LogP contribution in [0.25, 0.3) is 0 Å². The van der Waals surface area contributed by atoms with Crippen molar-refractivity contribution < 1.29 is 0 Å². The summed E-state index contributed by atoms with van der Waals surface area (Å²) in [6, 6.07) is 0. The molecule has 1 atom stereocenters. The van der Waals surface area contributed by atoms with Crippen molar-refractivity contribution in [3.63, 3.8) is 0 Å². The minimum atomic E-state index is 0.761. The summed E-state index contributed by atoms with van der Waals surface area (Å²) in [4.78, 5) is 0.761. The van der Waals surface area contributed by atoms with E-state index in [1.165, 1.54) is 102 Å². The van der Waals surface area contributed by atoms with E-state index in [9.17, 15) is 0 Å². The molecule has 0 fully saturated rings. The lowest BCUT2D eigenvalue weighted by Crippen LogP contribution is -1.94. The molecule has 2 heteroatoms. The molecule has 0 saturated heterocycles. The Kier molecular flexibility index (Phi) is 18.9. The molecule has 0 radical (unpaired) electrons. The van der Waals surface area contributed by atoms with Gasteiger partial charge in [-0.1, -0.05) is 116 Å². The van der Waals surface area contributed by atoms with Crippen molar-refractivity contribution >= 4 is 31.9 Å². The van der Waals surface area contributed by atoms with Crippen LogP contribution >= 0.6 is 31.9 Å². The number of hydrogen-bond donors (Lipinski definition) is 0. The lowest BCUT2D eigenvalue weighted by Gasteiger charge is -2.06. The largest absolute Gasteiger partial charge is 0.0928 e. The molecule has 0 saturated carbocycles. The second-order valence-electron chi connectivity index (χ2n) is 6.08. The van der Waals surface area contributed by atoms with Crippen molar-refractivity contribution in [3.05, 3.63) is 0 Å². The molecular formula is C18H36Br2. The Morgan fingerprint density at radius 3 is 1.30 bits per heavy atom. The van der Waals surface area contributed by atoms with Crippen LogP contribution in [0.5, 0.6) is 0 Å². The van der Waals surface area contributed by atoms with E-state index in [4.69, 9.17) is 0 Å². The maximum absolute atomic E-state index is 3.71. The second kappa shape index (κ2) is 18.0. The van der Waals surface area contributed by atoms with Gasteiger partial charge in [-0.05, 0) is 19.3 Å². The summed E-state index contributed by atoms with van der Waals surface area (Å²) >= 11 is 7.20. The fraction of sp³-hybridized carbons (Fsp3) is 1.00. The molecule has 0 nitrogen and oxygen atoms in total. The first-order valence-corrected chi connectivity index (χ1v) is 11.0. The Labute approximate surface area is 145 Å². The van der Waals surface area contributed by atoms with E-state index >= 15 is 0 Å². The Balaban J connectivity index is 2.96. The molecule has 0 aliphatic rings. The van der Waals surface area contributed by atoms with E-state index in [0.717, 1.165) is 4.83 Å². The third kappa shape index (κ3) is 17.0. The Bertz CT molecular complexity index is 171. The van der Waals surface area contributed by atoms with E-state index in [2.05, 4.69) is 38.8 Å². The lowest BCUT2D eigenvalue weighted by molar-refractivity contribution is 0.534. The number of unbranched alkanes of at least 4 members (excludes halogenated alkanes) is 12. The summed E-state index contributed by atoms with van der Waals surface area (Å²) < 4.78 is 0. The predicted octanol–water partition coefficient (Wildman–Crippen LogP) is 8.02. The molecule has 0 bridgehead atoms. The van der Waals surface area contributed by atoms with Gasteiger partial charge in [0, 0.05) is 10.2 Å². The summed E-state index contributed by atoms with van der Waals surface area (Å²) in [5.74, 6) is 0. The highest BCUT2D eigenvalue weighted by Gasteiger charge is 1.99. The van der Waals surface area contributed by atoms with E-state index in [0.29, 0.717) is 0 Å². The van der Waals surface area contributed by atoms with Gasteiger partial charge >= 0.3 is 0 Å². The molecular weight excluding hydrogens is 376 g/mol. The molecule has 0 aromatic rings. The molecule has 0 heterocycles. The monoisotopic (exact) mass is 410 g/mol. The average Bonchev–Trinajstić information content (AvgIpc) is 2.47. The number of halogens is 2. The molecule has 0 aliphatic heterocycles. The summed E-state index contributed by atoms with van der Waals surface area (Å²) in [7, 11) is 0. The average molecular weight is 412 g/mol. The Morgan fingerprint density at radius 2 is 0.950 bits per heavy atom. The Hall–Kier alpha value is 0.960. The fourth-order valence-electron chi connectivity index (χ4n) is 2.61. The Morgan fingerprint density at radius 1 is 0.600 bits per heavy atom. The second-order valence-corrected chi connectivity index (χ2v) is 8.17. The summed E-state index contributed by atoms with van der Waals surface area (Å²) in [6.07, 6.45) is 21.4. The highest BCUT2D eigenvalue weighted by atomic mass is 79.9. The number of rotatable bonds is 16. The van der Waals surface area contributed by atoms with Crippen LogP contribution in [-0.2, 0) is 0 Å². The first kappa shape index (κ1) is 21.0. The first-order valence-electron chi connectivity index (χ1n) is 9.01. The molecule has 1 unspecified atom stereocenters. The quantitative estimate of drug-likeness (QED) is 0.178. The van der Waals surface area contributed by atoms with Gasteiger partial charge in [-0.2, -0.15) is 0 Å². The van der Waals surface area contributed by atoms with Crippen LogP contribution in [-0.4, -0.2) is 10.2 Å². The molecule has 0 aromatic carbocycles. The van der Waals surface area contributed by atoms with Crippen molar-refractivity contribution in [3.8, 4) is 0 Å².